The van der Waals surface area contributed by atoms with Gasteiger partial charge in [-0.15, -0.1) is 5.10 Å². The summed E-state index contributed by atoms with van der Waals surface area (Å²) in [4.78, 5) is 8.45. The van der Waals surface area contributed by atoms with Gasteiger partial charge in [0.1, 0.15) is 5.75 Å². The predicted octanol–water partition coefficient (Wildman–Crippen LogP) is 3.95. The number of furan rings is 1. The van der Waals surface area contributed by atoms with Crippen molar-refractivity contribution in [3.63, 3.8) is 0 Å². The van der Waals surface area contributed by atoms with Crippen molar-refractivity contribution in [2.75, 3.05) is 20.2 Å². The summed E-state index contributed by atoms with van der Waals surface area (Å²) in [7, 11) is 1.66. The zero-order valence-electron chi connectivity index (χ0n) is 15.4. The minimum absolute atomic E-state index is 0.0334. The zero-order valence-corrected chi connectivity index (χ0v) is 16.2. The van der Waals surface area contributed by atoms with Crippen LogP contribution in [0.1, 0.15) is 29.3 Å². The third-order valence-electron chi connectivity index (χ3n) is 5.13. The summed E-state index contributed by atoms with van der Waals surface area (Å²) in [5.74, 6) is 2.01. The highest BCUT2D eigenvalue weighted by Crippen LogP contribution is 2.41. The lowest BCUT2D eigenvalue weighted by molar-refractivity contribution is 0.277. The molecule has 5 rings (SSSR count). The topological polar surface area (TPSA) is 76.0 Å². The molecule has 4 heterocycles. The molecule has 0 aliphatic carbocycles. The summed E-state index contributed by atoms with van der Waals surface area (Å²) < 4.78 is 12.2. The molecule has 0 radical (unpaired) electrons. The van der Waals surface area contributed by atoms with E-state index in [0.29, 0.717) is 16.5 Å². The summed E-state index contributed by atoms with van der Waals surface area (Å²) in [6.45, 7) is 2.00. The second-order valence-electron chi connectivity index (χ2n) is 6.82. The molecule has 144 valence electrons. The van der Waals surface area contributed by atoms with Crippen molar-refractivity contribution in [2.24, 2.45) is 0 Å². The SMILES string of the molecule is COc1ccc(C(c2sc3nc(-c4ccco4)nn3c2O)N2CCCC2)cc1. The quantitative estimate of drug-likeness (QED) is 0.550. The Morgan fingerprint density at radius 1 is 1.18 bits per heavy atom. The van der Waals surface area contributed by atoms with E-state index in [-0.39, 0.29) is 11.9 Å². The van der Waals surface area contributed by atoms with E-state index in [1.54, 1.807) is 19.4 Å². The minimum atomic E-state index is -0.0334. The number of nitrogens with zero attached hydrogens (tertiary/aromatic N) is 4. The van der Waals surface area contributed by atoms with Crippen LogP contribution in [-0.2, 0) is 0 Å². The van der Waals surface area contributed by atoms with Crippen LogP contribution in [0.15, 0.2) is 47.1 Å². The molecule has 1 atom stereocenters. The molecule has 8 heteroatoms. The monoisotopic (exact) mass is 396 g/mol. The van der Waals surface area contributed by atoms with E-state index < -0.39 is 0 Å². The number of thiazole rings is 1. The number of aromatic nitrogens is 3. The molecule has 1 unspecified atom stereocenters. The molecule has 1 fully saturated rings. The fourth-order valence-electron chi connectivity index (χ4n) is 3.75. The first-order chi connectivity index (χ1) is 13.7. The minimum Gasteiger partial charge on any atom is -0.497 e. The van der Waals surface area contributed by atoms with Gasteiger partial charge in [0.2, 0.25) is 16.7 Å². The normalized spacial score (nSPS) is 16.0. The first-order valence-electron chi connectivity index (χ1n) is 9.25. The zero-order chi connectivity index (χ0) is 19.1. The molecule has 7 nitrogen and oxygen atoms in total. The van der Waals surface area contributed by atoms with E-state index in [4.69, 9.17) is 9.15 Å². The number of hydrogen-bond acceptors (Lipinski definition) is 7. The highest BCUT2D eigenvalue weighted by Gasteiger charge is 2.31. The second-order valence-corrected chi connectivity index (χ2v) is 7.82. The number of likely N-dealkylation sites (tertiary alicyclic amines) is 1. The van der Waals surface area contributed by atoms with Crippen LogP contribution in [0.4, 0.5) is 0 Å². The summed E-state index contributed by atoms with van der Waals surface area (Å²) in [5, 5.41) is 15.4. The van der Waals surface area contributed by atoms with Crippen LogP contribution in [0.5, 0.6) is 11.6 Å². The average Bonchev–Trinajstić information content (AvgIpc) is 3.50. The van der Waals surface area contributed by atoms with Gasteiger partial charge in [0, 0.05) is 0 Å². The number of benzene rings is 1. The smallest absolute Gasteiger partial charge is 0.230 e. The Labute approximate surface area is 165 Å². The largest absolute Gasteiger partial charge is 0.497 e. The van der Waals surface area contributed by atoms with Gasteiger partial charge in [-0.25, -0.2) is 0 Å². The summed E-state index contributed by atoms with van der Waals surface area (Å²) in [5.41, 5.74) is 1.12. The van der Waals surface area contributed by atoms with Crippen molar-refractivity contribution in [1.29, 1.82) is 0 Å². The van der Waals surface area contributed by atoms with Crippen LogP contribution in [0.3, 0.4) is 0 Å². The Bertz CT molecular complexity index is 1080. The van der Waals surface area contributed by atoms with Gasteiger partial charge in [-0.1, -0.05) is 23.5 Å². The molecule has 1 saturated heterocycles. The van der Waals surface area contributed by atoms with Gasteiger partial charge >= 0.3 is 0 Å². The fourth-order valence-corrected chi connectivity index (χ4v) is 4.87. The van der Waals surface area contributed by atoms with Gasteiger partial charge in [0.15, 0.2) is 5.76 Å². The number of ether oxygens (including phenoxy) is 1. The molecule has 1 aliphatic rings. The van der Waals surface area contributed by atoms with Crippen molar-refractivity contribution >= 4 is 16.3 Å². The molecular weight excluding hydrogens is 376 g/mol. The first-order valence-corrected chi connectivity index (χ1v) is 10.1. The second kappa shape index (κ2) is 6.96. The van der Waals surface area contributed by atoms with Crippen molar-refractivity contribution in [3.05, 3.63) is 53.1 Å². The van der Waals surface area contributed by atoms with E-state index in [0.717, 1.165) is 42.1 Å². The van der Waals surface area contributed by atoms with Gasteiger partial charge in [0.05, 0.1) is 24.3 Å². The Balaban J connectivity index is 1.58. The summed E-state index contributed by atoms with van der Waals surface area (Å²) in [6, 6.07) is 11.6. The molecule has 4 aromatic rings. The van der Waals surface area contributed by atoms with Gasteiger partial charge in [-0.2, -0.15) is 9.50 Å². The van der Waals surface area contributed by atoms with Crippen molar-refractivity contribution < 1.29 is 14.3 Å². The van der Waals surface area contributed by atoms with Crippen molar-refractivity contribution in [2.45, 2.75) is 18.9 Å². The summed E-state index contributed by atoms with van der Waals surface area (Å²) >= 11 is 1.47. The highest BCUT2D eigenvalue weighted by atomic mass is 32.1. The molecule has 0 saturated carbocycles. The molecule has 1 N–H and O–H groups in total. The molecular formula is C20H20N4O3S. The van der Waals surface area contributed by atoms with Gasteiger partial charge in [-0.3, -0.25) is 4.90 Å². The van der Waals surface area contributed by atoms with E-state index in [1.807, 2.05) is 18.2 Å². The Morgan fingerprint density at radius 2 is 1.96 bits per heavy atom. The summed E-state index contributed by atoms with van der Waals surface area (Å²) in [6.07, 6.45) is 3.91. The highest BCUT2D eigenvalue weighted by molar-refractivity contribution is 7.17. The van der Waals surface area contributed by atoms with E-state index in [1.165, 1.54) is 15.9 Å². The van der Waals surface area contributed by atoms with Gasteiger partial charge in [-0.05, 0) is 55.8 Å². The van der Waals surface area contributed by atoms with Gasteiger partial charge < -0.3 is 14.3 Å². The number of aromatic hydroxyl groups is 1. The van der Waals surface area contributed by atoms with Crippen LogP contribution in [0, 0.1) is 0 Å². The van der Waals surface area contributed by atoms with Crippen molar-refractivity contribution in [3.8, 4) is 23.2 Å². The lowest BCUT2D eigenvalue weighted by Crippen LogP contribution is -2.26. The fraction of sp³-hybridized carbons (Fsp3) is 0.300. The lowest BCUT2D eigenvalue weighted by atomic mass is 10.0. The molecule has 0 spiro atoms. The van der Waals surface area contributed by atoms with Crippen LogP contribution in [0.2, 0.25) is 0 Å². The predicted molar refractivity (Wildman–Crippen MR) is 106 cm³/mol. The number of rotatable bonds is 5. The Kier molecular flexibility index (Phi) is 4.29. The maximum absolute atomic E-state index is 11.0. The molecule has 3 aromatic heterocycles. The van der Waals surface area contributed by atoms with E-state index >= 15 is 0 Å². The van der Waals surface area contributed by atoms with Crippen molar-refractivity contribution in [1.82, 2.24) is 19.5 Å². The van der Waals surface area contributed by atoms with E-state index in [9.17, 15) is 5.11 Å². The number of hydrogen-bond donors (Lipinski definition) is 1. The number of methoxy groups -OCH3 is 1. The molecule has 0 bridgehead atoms. The van der Waals surface area contributed by atoms with E-state index in [2.05, 4.69) is 27.1 Å². The lowest BCUT2D eigenvalue weighted by Gasteiger charge is -2.27. The van der Waals surface area contributed by atoms with Crippen LogP contribution in [0.25, 0.3) is 16.5 Å². The maximum atomic E-state index is 11.0. The Hall–Kier alpha value is -2.84. The van der Waals surface area contributed by atoms with Crippen LogP contribution < -0.4 is 4.74 Å². The average molecular weight is 396 g/mol. The molecule has 1 aliphatic heterocycles. The third-order valence-corrected chi connectivity index (χ3v) is 6.20. The molecule has 28 heavy (non-hydrogen) atoms. The van der Waals surface area contributed by atoms with Crippen LogP contribution in [-0.4, -0.2) is 44.8 Å². The molecule has 0 amide bonds. The molecule has 1 aromatic carbocycles. The third kappa shape index (κ3) is 2.85. The standard InChI is InChI=1S/C20H20N4O3S/c1-26-14-8-6-13(7-9-14)16(23-10-2-3-11-23)17-19(25)24-20(28-17)21-18(22-24)15-5-4-12-27-15/h4-9,12,16,25H,2-3,10-11H2,1H3. The van der Waals surface area contributed by atoms with Gasteiger partial charge in [0.25, 0.3) is 0 Å². The van der Waals surface area contributed by atoms with Crippen LogP contribution >= 0.6 is 11.3 Å². The Morgan fingerprint density at radius 3 is 2.61 bits per heavy atom. The first kappa shape index (κ1) is 17.3. The maximum Gasteiger partial charge on any atom is 0.230 e. The number of fused-ring (bicyclic) bond motifs is 1.